The van der Waals surface area contributed by atoms with Crippen molar-refractivity contribution in [1.82, 2.24) is 5.32 Å². The van der Waals surface area contributed by atoms with Crippen molar-refractivity contribution in [1.29, 1.82) is 0 Å². The summed E-state index contributed by atoms with van der Waals surface area (Å²) in [6, 6.07) is 0. The van der Waals surface area contributed by atoms with Crippen LogP contribution >= 0.6 is 11.8 Å². The van der Waals surface area contributed by atoms with E-state index in [1.165, 1.54) is 44.9 Å². The molecule has 0 radical (unpaired) electrons. The third-order valence-corrected chi connectivity index (χ3v) is 7.05. The molecule has 0 unspecified atom stereocenters. The fourth-order valence-electron chi connectivity index (χ4n) is 5.40. The van der Waals surface area contributed by atoms with E-state index in [1.807, 2.05) is 0 Å². The first-order valence-electron chi connectivity index (χ1n) is 8.74. The summed E-state index contributed by atoms with van der Waals surface area (Å²) in [5.74, 6) is 3.87. The molecule has 0 heterocycles. The number of thioether (sulfide) groups is 1. The minimum Gasteiger partial charge on any atom is -0.355 e. The van der Waals surface area contributed by atoms with Gasteiger partial charge in [0.2, 0.25) is 5.91 Å². The Labute approximate surface area is 134 Å². The van der Waals surface area contributed by atoms with Crippen LogP contribution in [0.5, 0.6) is 0 Å². The second kappa shape index (κ2) is 5.79. The molecule has 1 N–H and O–H groups in total. The van der Waals surface area contributed by atoms with E-state index in [0.717, 1.165) is 24.3 Å². The minimum absolute atomic E-state index is 0.178. The van der Waals surface area contributed by atoms with Crippen molar-refractivity contribution in [3.8, 4) is 0 Å². The molecule has 0 aromatic carbocycles. The third kappa shape index (κ3) is 3.97. The molecular weight excluding hydrogens is 278 g/mol. The Morgan fingerprint density at radius 1 is 1.10 bits per heavy atom. The summed E-state index contributed by atoms with van der Waals surface area (Å²) in [4.78, 5) is 11.9. The molecule has 2 nitrogen and oxygen atoms in total. The van der Waals surface area contributed by atoms with Gasteiger partial charge >= 0.3 is 0 Å². The first-order valence-corrected chi connectivity index (χ1v) is 9.73. The molecule has 4 saturated carbocycles. The zero-order valence-electron chi connectivity index (χ0n) is 13.9. The number of nitrogens with one attached hydrogen (secondary N) is 1. The Morgan fingerprint density at radius 2 is 1.62 bits per heavy atom. The lowest BCUT2D eigenvalue weighted by atomic mass is 9.49. The second-order valence-electron chi connectivity index (χ2n) is 8.92. The molecule has 4 aliphatic carbocycles. The lowest BCUT2D eigenvalue weighted by Gasteiger charge is -2.57. The molecule has 4 aliphatic rings. The molecule has 0 spiro atoms. The Bertz CT molecular complexity index is 363. The molecular formula is C18H31NOS. The molecule has 4 bridgehead atoms. The Hall–Kier alpha value is -0.180. The number of amides is 1. The largest absolute Gasteiger partial charge is 0.355 e. The molecule has 4 fully saturated rings. The van der Waals surface area contributed by atoms with Gasteiger partial charge in [-0.3, -0.25) is 4.79 Å². The van der Waals surface area contributed by atoms with Gasteiger partial charge in [-0.2, -0.15) is 0 Å². The maximum absolute atomic E-state index is 11.9. The Balaban J connectivity index is 1.42. The average Bonchev–Trinajstić information content (AvgIpc) is 2.33. The molecule has 4 rings (SSSR count). The molecule has 0 aliphatic heterocycles. The van der Waals surface area contributed by atoms with Gasteiger partial charge in [0.15, 0.2) is 0 Å². The number of rotatable bonds is 5. The Morgan fingerprint density at radius 3 is 2.10 bits per heavy atom. The quantitative estimate of drug-likeness (QED) is 0.823. The number of carbonyl (C=O) groups is 1. The van der Waals surface area contributed by atoms with E-state index >= 15 is 0 Å². The highest BCUT2D eigenvalue weighted by Gasteiger charge is 2.50. The van der Waals surface area contributed by atoms with E-state index in [2.05, 4.69) is 26.1 Å². The molecule has 1 amide bonds. The maximum atomic E-state index is 11.9. The zero-order valence-corrected chi connectivity index (χ0v) is 14.7. The zero-order chi connectivity index (χ0) is 15.1. The topological polar surface area (TPSA) is 29.1 Å². The number of hydrogen-bond acceptors (Lipinski definition) is 2. The van der Waals surface area contributed by atoms with Crippen LogP contribution in [0, 0.1) is 23.2 Å². The van der Waals surface area contributed by atoms with Gasteiger partial charge in [0, 0.05) is 11.3 Å². The van der Waals surface area contributed by atoms with Crippen molar-refractivity contribution in [3.63, 3.8) is 0 Å². The van der Waals surface area contributed by atoms with Gasteiger partial charge in [0.25, 0.3) is 0 Å². The van der Waals surface area contributed by atoms with Crippen molar-refractivity contribution in [2.45, 2.75) is 70.5 Å². The average molecular weight is 310 g/mol. The predicted octanol–water partition coefficient (Wildman–Crippen LogP) is 4.24. The maximum Gasteiger partial charge on any atom is 0.230 e. The summed E-state index contributed by atoms with van der Waals surface area (Å²) in [5, 5.41) is 3.17. The standard InChI is InChI=1S/C18H31NOS/c1-17(2,3)21-12-16(20)19-5-4-18-9-13-6-14(10-18)8-15(7-13)11-18/h13-15H,4-12H2,1-3H3,(H,19,20). The minimum atomic E-state index is 0.178. The molecule has 21 heavy (non-hydrogen) atoms. The fourth-order valence-corrected chi connectivity index (χ4v) is 6.06. The molecule has 120 valence electrons. The predicted molar refractivity (Wildman–Crippen MR) is 90.4 cm³/mol. The number of hydrogen-bond donors (Lipinski definition) is 1. The summed E-state index contributed by atoms with van der Waals surface area (Å²) < 4.78 is 0.178. The van der Waals surface area contributed by atoms with Gasteiger partial charge < -0.3 is 5.32 Å². The summed E-state index contributed by atoms with van der Waals surface area (Å²) in [6.07, 6.45) is 10.1. The van der Waals surface area contributed by atoms with E-state index in [4.69, 9.17) is 0 Å². The van der Waals surface area contributed by atoms with Gasteiger partial charge in [-0.1, -0.05) is 20.8 Å². The van der Waals surface area contributed by atoms with Gasteiger partial charge in [0.05, 0.1) is 5.75 Å². The first kappa shape index (κ1) is 15.7. The first-order chi connectivity index (χ1) is 9.84. The van der Waals surface area contributed by atoms with Crippen LogP contribution in [-0.2, 0) is 4.79 Å². The van der Waals surface area contributed by atoms with Crippen LogP contribution in [-0.4, -0.2) is 23.0 Å². The highest BCUT2D eigenvalue weighted by atomic mass is 32.2. The van der Waals surface area contributed by atoms with E-state index in [-0.39, 0.29) is 10.7 Å². The molecule has 0 aromatic heterocycles. The monoisotopic (exact) mass is 309 g/mol. The molecule has 0 aromatic rings. The van der Waals surface area contributed by atoms with Crippen molar-refractivity contribution >= 4 is 17.7 Å². The number of carbonyl (C=O) groups excluding carboxylic acids is 1. The molecule has 3 heteroatoms. The lowest BCUT2D eigenvalue weighted by molar-refractivity contribution is -0.119. The smallest absolute Gasteiger partial charge is 0.230 e. The van der Waals surface area contributed by atoms with Crippen LogP contribution < -0.4 is 5.32 Å². The van der Waals surface area contributed by atoms with E-state index in [1.54, 1.807) is 11.8 Å². The van der Waals surface area contributed by atoms with Crippen LogP contribution in [0.4, 0.5) is 0 Å². The highest BCUT2D eigenvalue weighted by Crippen LogP contribution is 2.61. The third-order valence-electron chi connectivity index (χ3n) is 5.78. The van der Waals surface area contributed by atoms with Crippen molar-refractivity contribution in [3.05, 3.63) is 0 Å². The van der Waals surface area contributed by atoms with Crippen molar-refractivity contribution in [2.24, 2.45) is 23.2 Å². The van der Waals surface area contributed by atoms with Gasteiger partial charge in [-0.15, -0.1) is 11.8 Å². The second-order valence-corrected chi connectivity index (χ2v) is 10.7. The Kier molecular flexibility index (Phi) is 4.33. The van der Waals surface area contributed by atoms with E-state index in [9.17, 15) is 4.79 Å². The van der Waals surface area contributed by atoms with Crippen LogP contribution in [0.2, 0.25) is 0 Å². The van der Waals surface area contributed by atoms with E-state index in [0.29, 0.717) is 11.2 Å². The molecule has 0 atom stereocenters. The summed E-state index contributed by atoms with van der Waals surface area (Å²) in [7, 11) is 0. The van der Waals surface area contributed by atoms with Crippen molar-refractivity contribution in [2.75, 3.05) is 12.3 Å². The van der Waals surface area contributed by atoms with Crippen LogP contribution in [0.25, 0.3) is 0 Å². The van der Waals surface area contributed by atoms with Gasteiger partial charge in [-0.05, 0) is 68.1 Å². The van der Waals surface area contributed by atoms with Gasteiger partial charge in [-0.25, -0.2) is 0 Å². The van der Waals surface area contributed by atoms with Gasteiger partial charge in [0.1, 0.15) is 0 Å². The fraction of sp³-hybridized carbons (Fsp3) is 0.944. The summed E-state index contributed by atoms with van der Waals surface area (Å²) in [6.45, 7) is 7.40. The normalized spacial score (nSPS) is 37.8. The summed E-state index contributed by atoms with van der Waals surface area (Å²) >= 11 is 1.74. The molecule has 0 saturated heterocycles. The van der Waals surface area contributed by atoms with Crippen LogP contribution in [0.15, 0.2) is 0 Å². The van der Waals surface area contributed by atoms with Crippen LogP contribution in [0.3, 0.4) is 0 Å². The van der Waals surface area contributed by atoms with E-state index < -0.39 is 0 Å². The lowest BCUT2D eigenvalue weighted by Crippen LogP contribution is -2.47. The SMILES string of the molecule is CC(C)(C)SCC(=O)NCCC12CC3CC(CC(C3)C1)C2. The summed E-state index contributed by atoms with van der Waals surface area (Å²) in [5.41, 5.74) is 0.596. The highest BCUT2D eigenvalue weighted by molar-refractivity contribution is 8.01. The van der Waals surface area contributed by atoms with Crippen LogP contribution in [0.1, 0.15) is 65.7 Å². The van der Waals surface area contributed by atoms with Crippen molar-refractivity contribution < 1.29 is 4.79 Å².